The quantitative estimate of drug-likeness (QED) is 0.465. The number of methoxy groups -OCH3 is 1. The summed E-state index contributed by atoms with van der Waals surface area (Å²) in [6.45, 7) is 1.84. The number of thioether (sulfide) groups is 1. The predicted octanol–water partition coefficient (Wildman–Crippen LogP) is 3.31. The molecule has 0 bridgehead atoms. The van der Waals surface area contributed by atoms with E-state index in [1.165, 1.54) is 19.4 Å². The van der Waals surface area contributed by atoms with Crippen molar-refractivity contribution >= 4 is 52.2 Å². The third-order valence-corrected chi connectivity index (χ3v) is 5.75. The molecule has 3 N–H and O–H groups in total. The summed E-state index contributed by atoms with van der Waals surface area (Å²) in [5.74, 6) is -0.301. The summed E-state index contributed by atoms with van der Waals surface area (Å²) in [5, 5.41) is 23.0. The lowest BCUT2D eigenvalue weighted by molar-refractivity contribution is -0.122. The Kier molecular flexibility index (Phi) is 6.96. The second kappa shape index (κ2) is 9.64. The Labute approximate surface area is 182 Å². The van der Waals surface area contributed by atoms with E-state index in [9.17, 15) is 14.7 Å². The number of hydrogen-bond acceptors (Lipinski definition) is 7. The van der Waals surface area contributed by atoms with Crippen LogP contribution >= 0.6 is 23.4 Å². The lowest BCUT2D eigenvalue weighted by atomic mass is 10.2. The maximum atomic E-state index is 12.3. The molecular weight excluding hydrogens is 428 g/mol. The van der Waals surface area contributed by atoms with Gasteiger partial charge in [-0.3, -0.25) is 9.59 Å². The molecule has 1 fully saturated rings. The molecule has 1 aliphatic rings. The minimum absolute atomic E-state index is 0.0210. The van der Waals surface area contributed by atoms with Crippen LogP contribution in [0.5, 0.6) is 11.5 Å². The summed E-state index contributed by atoms with van der Waals surface area (Å²) in [5.41, 5.74) is 2.02. The molecule has 3 rings (SSSR count). The number of amidine groups is 1. The number of phenols is 1. The zero-order chi connectivity index (χ0) is 21.7. The minimum atomic E-state index is -0.615. The lowest BCUT2D eigenvalue weighted by Crippen LogP contribution is -2.28. The summed E-state index contributed by atoms with van der Waals surface area (Å²) >= 11 is 7.31. The van der Waals surface area contributed by atoms with Gasteiger partial charge in [0.15, 0.2) is 16.7 Å². The van der Waals surface area contributed by atoms with Gasteiger partial charge in [-0.2, -0.15) is 5.10 Å². The lowest BCUT2D eigenvalue weighted by Gasteiger charge is -2.10. The van der Waals surface area contributed by atoms with Crippen molar-refractivity contribution < 1.29 is 19.4 Å². The first-order chi connectivity index (χ1) is 14.4. The van der Waals surface area contributed by atoms with Crippen LogP contribution in [0.15, 0.2) is 46.6 Å². The zero-order valence-electron chi connectivity index (χ0n) is 16.2. The predicted molar refractivity (Wildman–Crippen MR) is 119 cm³/mol. The van der Waals surface area contributed by atoms with Crippen LogP contribution in [0, 0.1) is 6.92 Å². The van der Waals surface area contributed by atoms with Crippen molar-refractivity contribution in [2.45, 2.75) is 18.6 Å². The standard InChI is InChI=1S/C20H19ClN4O4S/c1-11-4-3-5-13(18(11)21)23-17(27)9-16-19(28)24-20(30-16)25-22-10-12-6-7-14(26)15(8-12)29-2/h3-8,10,16,26H,9H2,1-2H3,(H,23,27)(H,24,25,28)/b22-10+. The van der Waals surface area contributed by atoms with Gasteiger partial charge in [-0.1, -0.05) is 35.5 Å². The highest BCUT2D eigenvalue weighted by Gasteiger charge is 2.32. The fraction of sp³-hybridized carbons (Fsp3) is 0.200. The van der Waals surface area contributed by atoms with Gasteiger partial charge >= 0.3 is 0 Å². The van der Waals surface area contributed by atoms with E-state index in [2.05, 4.69) is 20.8 Å². The summed E-state index contributed by atoms with van der Waals surface area (Å²) in [6.07, 6.45) is 1.43. The van der Waals surface area contributed by atoms with Crippen molar-refractivity contribution in [2.75, 3.05) is 12.4 Å². The first kappa shape index (κ1) is 21.7. The Morgan fingerprint density at radius 2 is 2.20 bits per heavy atom. The Morgan fingerprint density at radius 3 is 2.97 bits per heavy atom. The van der Waals surface area contributed by atoms with Gasteiger partial charge in [0.1, 0.15) is 5.25 Å². The number of halogens is 1. The highest BCUT2D eigenvalue weighted by molar-refractivity contribution is 8.15. The van der Waals surface area contributed by atoms with E-state index in [-0.39, 0.29) is 24.0 Å². The molecule has 0 spiro atoms. The van der Waals surface area contributed by atoms with Crippen LogP contribution < -0.4 is 15.4 Å². The molecule has 1 atom stereocenters. The number of amides is 2. The number of carbonyl (C=O) groups excluding carboxylic acids is 2. The topological polar surface area (TPSA) is 112 Å². The van der Waals surface area contributed by atoms with E-state index in [4.69, 9.17) is 16.3 Å². The number of benzene rings is 2. The molecule has 2 amide bonds. The molecule has 0 saturated carbocycles. The summed E-state index contributed by atoms with van der Waals surface area (Å²) in [4.78, 5) is 24.4. The number of anilines is 1. The van der Waals surface area contributed by atoms with Crippen LogP contribution in [0.1, 0.15) is 17.5 Å². The van der Waals surface area contributed by atoms with Crippen molar-refractivity contribution in [3.05, 3.63) is 52.5 Å². The number of phenolic OH excluding ortho intramolecular Hbond substituents is 1. The molecule has 0 aromatic heterocycles. The molecule has 2 aromatic rings. The third-order valence-electron chi connectivity index (χ3n) is 4.17. The fourth-order valence-corrected chi connectivity index (χ4v) is 3.72. The molecule has 1 aliphatic heterocycles. The average Bonchev–Trinajstić information content (AvgIpc) is 3.05. The molecule has 30 heavy (non-hydrogen) atoms. The van der Waals surface area contributed by atoms with E-state index in [1.54, 1.807) is 24.3 Å². The van der Waals surface area contributed by atoms with Crippen LogP contribution in [-0.4, -0.2) is 40.7 Å². The SMILES string of the molecule is COc1cc(/C=N/N=C2\NC(=O)C(CC(=O)Nc3cccc(C)c3Cl)S2)ccc1O. The third kappa shape index (κ3) is 5.31. The van der Waals surface area contributed by atoms with Crippen molar-refractivity contribution in [1.29, 1.82) is 0 Å². The van der Waals surface area contributed by atoms with Crippen LogP contribution in [-0.2, 0) is 9.59 Å². The van der Waals surface area contributed by atoms with E-state index in [0.29, 0.717) is 27.2 Å². The highest BCUT2D eigenvalue weighted by Crippen LogP contribution is 2.28. The molecule has 1 unspecified atom stereocenters. The van der Waals surface area contributed by atoms with Crippen LogP contribution in [0.2, 0.25) is 5.02 Å². The summed E-state index contributed by atoms with van der Waals surface area (Å²) in [7, 11) is 1.45. The number of ether oxygens (including phenoxy) is 1. The smallest absolute Gasteiger partial charge is 0.240 e. The molecule has 1 saturated heterocycles. The molecule has 1 heterocycles. The van der Waals surface area contributed by atoms with Crippen molar-refractivity contribution in [3.8, 4) is 11.5 Å². The maximum Gasteiger partial charge on any atom is 0.240 e. The highest BCUT2D eigenvalue weighted by atomic mass is 35.5. The van der Waals surface area contributed by atoms with Gasteiger partial charge in [0.2, 0.25) is 11.8 Å². The fourth-order valence-electron chi connectivity index (χ4n) is 2.62. The van der Waals surface area contributed by atoms with E-state index >= 15 is 0 Å². The minimum Gasteiger partial charge on any atom is -0.504 e. The van der Waals surface area contributed by atoms with Crippen molar-refractivity contribution in [1.82, 2.24) is 5.32 Å². The van der Waals surface area contributed by atoms with E-state index in [0.717, 1.165) is 17.3 Å². The molecule has 156 valence electrons. The first-order valence-corrected chi connectivity index (χ1v) is 10.1. The number of nitrogens with one attached hydrogen (secondary N) is 2. The zero-order valence-corrected chi connectivity index (χ0v) is 17.8. The number of carbonyl (C=O) groups is 2. The van der Waals surface area contributed by atoms with Crippen molar-refractivity contribution in [3.63, 3.8) is 0 Å². The molecule has 0 aliphatic carbocycles. The molecule has 10 heteroatoms. The molecule has 2 aromatic carbocycles. The van der Waals surface area contributed by atoms with Gasteiger partial charge in [0, 0.05) is 6.42 Å². The number of aryl methyl sites for hydroxylation is 1. The second-order valence-corrected chi connectivity index (χ2v) is 7.93. The number of nitrogens with zero attached hydrogens (tertiary/aromatic N) is 2. The number of hydrogen-bond donors (Lipinski definition) is 3. The van der Waals surface area contributed by atoms with E-state index in [1.807, 2.05) is 13.0 Å². The van der Waals surface area contributed by atoms with Crippen molar-refractivity contribution in [2.24, 2.45) is 10.2 Å². The molecular formula is C20H19ClN4O4S. The van der Waals surface area contributed by atoms with Crippen LogP contribution in [0.25, 0.3) is 0 Å². The van der Waals surface area contributed by atoms with E-state index < -0.39 is 5.25 Å². The second-order valence-electron chi connectivity index (χ2n) is 6.37. The largest absolute Gasteiger partial charge is 0.504 e. The van der Waals surface area contributed by atoms with Crippen LogP contribution in [0.3, 0.4) is 0 Å². The average molecular weight is 447 g/mol. The Hall–Kier alpha value is -3.04. The summed E-state index contributed by atoms with van der Waals surface area (Å²) in [6, 6.07) is 10.1. The van der Waals surface area contributed by atoms with Gasteiger partial charge in [0.05, 0.1) is 24.0 Å². The normalized spacial score (nSPS) is 17.4. The first-order valence-electron chi connectivity index (χ1n) is 8.88. The summed E-state index contributed by atoms with van der Waals surface area (Å²) < 4.78 is 5.03. The maximum absolute atomic E-state index is 12.3. The van der Waals surface area contributed by atoms with Gasteiger partial charge in [0.25, 0.3) is 0 Å². The van der Waals surface area contributed by atoms with Gasteiger partial charge in [-0.25, -0.2) is 0 Å². The van der Waals surface area contributed by atoms with Gasteiger partial charge in [-0.15, -0.1) is 5.10 Å². The van der Waals surface area contributed by atoms with Gasteiger partial charge in [-0.05, 0) is 42.3 Å². The Morgan fingerprint density at radius 1 is 1.40 bits per heavy atom. The monoisotopic (exact) mass is 446 g/mol. The molecule has 0 radical (unpaired) electrons. The number of aromatic hydroxyl groups is 1. The van der Waals surface area contributed by atoms with Crippen LogP contribution in [0.4, 0.5) is 5.69 Å². The Bertz CT molecular complexity index is 1040. The van der Waals surface area contributed by atoms with Gasteiger partial charge < -0.3 is 20.5 Å². The Balaban J connectivity index is 1.59. The molecule has 8 nitrogen and oxygen atoms in total. The number of rotatable bonds is 6.